The molecule has 45 heavy (non-hydrogen) atoms. The molecule has 8 rings (SSSR count). The number of nitrogens with zero attached hydrogens (tertiary/aromatic N) is 2. The van der Waals surface area contributed by atoms with Gasteiger partial charge in [-0.1, -0.05) is 98.8 Å². The lowest BCUT2D eigenvalue weighted by Gasteiger charge is -2.42. The minimum Gasteiger partial charge on any atom is -0.310 e. The van der Waals surface area contributed by atoms with E-state index in [0.29, 0.717) is 11.1 Å². The monoisotopic (exact) mass is 586 g/mol. The summed E-state index contributed by atoms with van der Waals surface area (Å²) < 4.78 is 0. The number of imide groups is 1. The van der Waals surface area contributed by atoms with Gasteiger partial charge in [0, 0.05) is 27.6 Å². The summed E-state index contributed by atoms with van der Waals surface area (Å²) in [5.41, 5.74) is 8.50. The van der Waals surface area contributed by atoms with E-state index < -0.39 is 5.54 Å². The van der Waals surface area contributed by atoms with Gasteiger partial charge in [-0.15, -0.1) is 0 Å². The number of para-hydroxylation sites is 2. The number of hydrogen-bond acceptors (Lipinski definition) is 3. The quantitative estimate of drug-likeness (QED) is 0.150. The molecule has 2 aliphatic heterocycles. The van der Waals surface area contributed by atoms with Crippen LogP contribution >= 0.6 is 0 Å². The van der Waals surface area contributed by atoms with Crippen LogP contribution in [-0.4, -0.2) is 22.3 Å². The Hall–Kier alpha value is -5.22. The van der Waals surface area contributed by atoms with E-state index in [2.05, 4.69) is 97.6 Å². The van der Waals surface area contributed by atoms with Crippen LogP contribution < -0.4 is 4.90 Å². The maximum atomic E-state index is 14.1. The molecule has 6 aromatic rings. The van der Waals surface area contributed by atoms with Gasteiger partial charge in [0.05, 0.1) is 16.9 Å². The van der Waals surface area contributed by atoms with Crippen LogP contribution in [0.1, 0.15) is 66.5 Å². The van der Waals surface area contributed by atoms with E-state index in [1.54, 1.807) is 0 Å². The number of carbonyl (C=O) groups excluding carboxylic acids is 2. The van der Waals surface area contributed by atoms with E-state index in [-0.39, 0.29) is 17.2 Å². The molecule has 0 saturated heterocycles. The summed E-state index contributed by atoms with van der Waals surface area (Å²) in [5.74, 6) is -0.479. The summed E-state index contributed by atoms with van der Waals surface area (Å²) in [6.45, 7) is 10.3. The first-order valence-corrected chi connectivity index (χ1v) is 15.5. The van der Waals surface area contributed by atoms with Gasteiger partial charge in [0.1, 0.15) is 0 Å². The Balaban J connectivity index is 1.34. The van der Waals surface area contributed by atoms with E-state index in [1.807, 2.05) is 57.2 Å². The summed E-state index contributed by atoms with van der Waals surface area (Å²) in [6, 6.07) is 40.0. The van der Waals surface area contributed by atoms with Crippen LogP contribution in [0.25, 0.3) is 32.7 Å². The molecule has 2 aliphatic rings. The van der Waals surface area contributed by atoms with Crippen LogP contribution in [0.2, 0.25) is 0 Å². The van der Waals surface area contributed by atoms with Gasteiger partial charge in [0.25, 0.3) is 11.8 Å². The first-order chi connectivity index (χ1) is 21.6. The van der Waals surface area contributed by atoms with Gasteiger partial charge in [0.2, 0.25) is 0 Å². The van der Waals surface area contributed by atoms with Crippen LogP contribution in [0.4, 0.5) is 17.1 Å². The zero-order valence-corrected chi connectivity index (χ0v) is 26.2. The third kappa shape index (κ3) is 3.78. The molecule has 6 aromatic carbocycles. The van der Waals surface area contributed by atoms with Crippen LogP contribution in [0, 0.1) is 0 Å². The van der Waals surface area contributed by atoms with Gasteiger partial charge in [-0.2, -0.15) is 0 Å². The summed E-state index contributed by atoms with van der Waals surface area (Å²) in [5, 5.41) is 3.52. The second-order valence-corrected chi connectivity index (χ2v) is 13.7. The molecule has 0 N–H and O–H groups in total. The van der Waals surface area contributed by atoms with Crippen molar-refractivity contribution in [3.05, 3.63) is 138 Å². The Morgan fingerprint density at radius 2 is 1.09 bits per heavy atom. The first kappa shape index (κ1) is 27.3. The number of rotatable bonds is 2. The molecular formula is C41H34N2O2. The molecule has 0 bridgehead atoms. The van der Waals surface area contributed by atoms with Crippen molar-refractivity contribution in [2.45, 2.75) is 45.6 Å². The second kappa shape index (κ2) is 9.39. The average Bonchev–Trinajstić information content (AvgIpc) is 3.03. The smallest absolute Gasteiger partial charge is 0.262 e. The molecule has 220 valence electrons. The Morgan fingerprint density at radius 3 is 1.69 bits per heavy atom. The fraction of sp³-hybridized carbons (Fsp3) is 0.171. The Bertz CT molecular complexity index is 2170. The predicted octanol–water partition coefficient (Wildman–Crippen LogP) is 10.2. The molecule has 4 nitrogen and oxygen atoms in total. The van der Waals surface area contributed by atoms with Crippen molar-refractivity contribution in [1.82, 2.24) is 4.90 Å². The molecule has 2 heterocycles. The van der Waals surface area contributed by atoms with E-state index in [0.717, 1.165) is 38.4 Å². The van der Waals surface area contributed by atoms with Gasteiger partial charge in [-0.3, -0.25) is 14.5 Å². The lowest BCUT2D eigenvalue weighted by atomic mass is 9.73. The van der Waals surface area contributed by atoms with E-state index in [4.69, 9.17) is 0 Å². The van der Waals surface area contributed by atoms with Crippen molar-refractivity contribution in [3.63, 3.8) is 0 Å². The molecule has 0 spiro atoms. The molecule has 2 amide bonds. The Morgan fingerprint density at radius 1 is 0.556 bits per heavy atom. The van der Waals surface area contributed by atoms with Crippen LogP contribution in [0.3, 0.4) is 0 Å². The van der Waals surface area contributed by atoms with Crippen molar-refractivity contribution in [1.29, 1.82) is 0 Å². The minimum atomic E-state index is -0.648. The molecular weight excluding hydrogens is 552 g/mol. The largest absolute Gasteiger partial charge is 0.310 e. The standard InChI is InChI=1S/C41H34N2O2/c1-40(2,3)43-38(44)30-16-12-15-29-35(27-13-6-7-14-28(27)37(36(29)30)39(43)45)25-21-23-26(24-22-25)42-33-19-10-8-17-31(33)41(4,5)32-18-9-11-20-34(32)42/h6-24H,1-5H3. The lowest BCUT2D eigenvalue weighted by Crippen LogP contribution is -2.51. The normalized spacial score (nSPS) is 15.4. The molecule has 0 atom stereocenters. The lowest BCUT2D eigenvalue weighted by molar-refractivity contribution is 0.0462. The highest BCUT2D eigenvalue weighted by Crippen LogP contribution is 2.52. The van der Waals surface area contributed by atoms with Crippen molar-refractivity contribution < 1.29 is 9.59 Å². The summed E-state index contributed by atoms with van der Waals surface area (Å²) in [7, 11) is 0. The molecule has 0 aliphatic carbocycles. The van der Waals surface area contributed by atoms with Gasteiger partial charge < -0.3 is 4.90 Å². The number of anilines is 3. The van der Waals surface area contributed by atoms with Gasteiger partial charge in [-0.25, -0.2) is 0 Å². The number of benzene rings is 6. The van der Waals surface area contributed by atoms with Crippen LogP contribution in [0.5, 0.6) is 0 Å². The molecule has 0 radical (unpaired) electrons. The molecule has 4 heteroatoms. The van der Waals surface area contributed by atoms with Gasteiger partial charge in [-0.05, 0) is 89.5 Å². The number of hydrogen-bond donors (Lipinski definition) is 0. The zero-order valence-electron chi connectivity index (χ0n) is 26.2. The maximum Gasteiger partial charge on any atom is 0.262 e. The molecule has 0 unspecified atom stereocenters. The van der Waals surface area contributed by atoms with Crippen molar-refractivity contribution in [2.24, 2.45) is 0 Å². The van der Waals surface area contributed by atoms with Crippen LogP contribution in [0.15, 0.2) is 115 Å². The van der Waals surface area contributed by atoms with Crippen molar-refractivity contribution >= 4 is 50.4 Å². The summed E-state index contributed by atoms with van der Waals surface area (Å²) >= 11 is 0. The summed E-state index contributed by atoms with van der Waals surface area (Å²) in [6.07, 6.45) is 0. The number of amides is 2. The highest BCUT2D eigenvalue weighted by Gasteiger charge is 2.41. The highest BCUT2D eigenvalue weighted by molar-refractivity contribution is 6.33. The van der Waals surface area contributed by atoms with E-state index in [1.165, 1.54) is 27.4 Å². The van der Waals surface area contributed by atoms with E-state index >= 15 is 0 Å². The Labute approximate surface area is 263 Å². The topological polar surface area (TPSA) is 40.6 Å². The fourth-order valence-electron chi connectivity index (χ4n) is 7.60. The highest BCUT2D eigenvalue weighted by atomic mass is 16.2. The number of carbonyl (C=O) groups is 2. The predicted molar refractivity (Wildman–Crippen MR) is 184 cm³/mol. The molecule has 0 fully saturated rings. The summed E-state index contributed by atoms with van der Waals surface area (Å²) in [4.78, 5) is 31.7. The second-order valence-electron chi connectivity index (χ2n) is 13.7. The maximum absolute atomic E-state index is 14.1. The van der Waals surface area contributed by atoms with Gasteiger partial charge in [0.15, 0.2) is 0 Å². The van der Waals surface area contributed by atoms with Crippen molar-refractivity contribution in [3.8, 4) is 11.1 Å². The SMILES string of the molecule is CC1(C)c2ccccc2N(c2ccc(-c3c4ccccc4c4c5c(cccc35)C(=O)N(C(C)(C)C)C4=O)cc2)c2ccccc21. The fourth-order valence-corrected chi connectivity index (χ4v) is 7.60. The first-order valence-electron chi connectivity index (χ1n) is 15.5. The third-order valence-electron chi connectivity index (χ3n) is 9.62. The Kier molecular flexibility index (Phi) is 5.70. The van der Waals surface area contributed by atoms with Crippen molar-refractivity contribution in [2.75, 3.05) is 4.90 Å². The number of fused-ring (bicyclic) bond motifs is 4. The minimum absolute atomic E-state index is 0.122. The zero-order chi connectivity index (χ0) is 31.2. The molecule has 0 saturated carbocycles. The average molecular weight is 587 g/mol. The van der Waals surface area contributed by atoms with Gasteiger partial charge >= 0.3 is 0 Å². The molecule has 0 aromatic heterocycles. The third-order valence-corrected chi connectivity index (χ3v) is 9.62. The van der Waals surface area contributed by atoms with E-state index in [9.17, 15) is 9.59 Å². The van der Waals surface area contributed by atoms with Crippen LogP contribution in [-0.2, 0) is 5.41 Å².